The molecule has 4 rings (SSSR count). The number of allylic oxidation sites excluding steroid dienone is 2. The molecule has 0 spiro atoms. The Morgan fingerprint density at radius 3 is 2.48 bits per heavy atom. The lowest BCUT2D eigenvalue weighted by Crippen LogP contribution is -2.12. The van der Waals surface area contributed by atoms with Gasteiger partial charge in [-0.2, -0.15) is 0 Å². The second kappa shape index (κ2) is 6.02. The van der Waals surface area contributed by atoms with Crippen molar-refractivity contribution in [2.75, 3.05) is 6.61 Å². The molecule has 1 fully saturated rings. The molecule has 2 aliphatic rings. The number of carbonyl (C=O) groups excluding carboxylic acids is 1. The van der Waals surface area contributed by atoms with E-state index in [2.05, 4.69) is 24.0 Å². The monoisotopic (exact) mass is 328 g/mol. The number of fused-ring (bicyclic) bond motifs is 1. The van der Waals surface area contributed by atoms with Crippen molar-refractivity contribution in [1.29, 1.82) is 0 Å². The van der Waals surface area contributed by atoms with Gasteiger partial charge in [0.25, 0.3) is 0 Å². The molecule has 0 aliphatic heterocycles. The molecule has 2 nitrogen and oxygen atoms in total. The van der Waals surface area contributed by atoms with Crippen LogP contribution in [0, 0.1) is 11.8 Å². The van der Waals surface area contributed by atoms with E-state index in [1.807, 2.05) is 56.3 Å². The molecule has 0 N–H and O–H groups in total. The lowest BCUT2D eigenvalue weighted by atomic mass is 9.95. The van der Waals surface area contributed by atoms with E-state index >= 15 is 0 Å². The van der Waals surface area contributed by atoms with Crippen LogP contribution < -0.4 is 0 Å². The van der Waals surface area contributed by atoms with E-state index in [1.165, 1.54) is 5.56 Å². The summed E-state index contributed by atoms with van der Waals surface area (Å²) in [5.74, 6) is 6.90. The maximum absolute atomic E-state index is 12.4. The first kappa shape index (κ1) is 15.9. The highest BCUT2D eigenvalue weighted by molar-refractivity contribution is 6.22. The maximum Gasteiger partial charge on any atom is 0.190 e. The van der Waals surface area contributed by atoms with Crippen molar-refractivity contribution < 1.29 is 9.53 Å². The van der Waals surface area contributed by atoms with Crippen LogP contribution in [0.5, 0.6) is 0 Å². The molecule has 2 aromatic rings. The molecule has 2 aromatic carbocycles. The van der Waals surface area contributed by atoms with Gasteiger partial charge in [0.2, 0.25) is 0 Å². The maximum atomic E-state index is 12.4. The molecule has 25 heavy (non-hydrogen) atoms. The number of benzene rings is 2. The van der Waals surface area contributed by atoms with Gasteiger partial charge < -0.3 is 4.74 Å². The Balaban J connectivity index is 1.76. The van der Waals surface area contributed by atoms with Gasteiger partial charge in [0, 0.05) is 28.9 Å². The molecule has 2 heteroatoms. The van der Waals surface area contributed by atoms with E-state index < -0.39 is 0 Å². The Kier molecular flexibility index (Phi) is 3.82. The van der Waals surface area contributed by atoms with Crippen LogP contribution in [-0.2, 0) is 10.2 Å². The van der Waals surface area contributed by atoms with Gasteiger partial charge in [-0.3, -0.25) is 4.79 Å². The van der Waals surface area contributed by atoms with Crippen LogP contribution in [0.15, 0.2) is 60.2 Å². The van der Waals surface area contributed by atoms with Gasteiger partial charge >= 0.3 is 0 Å². The quantitative estimate of drug-likeness (QED) is 0.780. The van der Waals surface area contributed by atoms with E-state index in [1.54, 1.807) is 0 Å². The van der Waals surface area contributed by atoms with Gasteiger partial charge in [0.1, 0.15) is 0 Å². The molecule has 0 saturated heterocycles. The topological polar surface area (TPSA) is 26.3 Å². The fourth-order valence-corrected chi connectivity index (χ4v) is 3.63. The number of Topliss-reactive ketones (excluding diaryl/α,β-unsaturated/α-hetero) is 1. The standard InChI is InChI=1S/C23H20O2/c1-3-25-21-15-23(21,17-9-5-4-6-10-17)14-13-18-16(2)22(24)20-12-8-7-11-19(18)20/h4-12,21H,3,15H2,1-2H3/t21-,23+/m1/s1. The molecule has 2 atom stereocenters. The number of carbonyl (C=O) groups is 1. The Labute approximate surface area is 148 Å². The van der Waals surface area contributed by atoms with Crippen molar-refractivity contribution in [2.24, 2.45) is 0 Å². The third-order valence-electron chi connectivity index (χ3n) is 5.12. The van der Waals surface area contributed by atoms with E-state index in [-0.39, 0.29) is 17.3 Å². The van der Waals surface area contributed by atoms with E-state index in [9.17, 15) is 4.79 Å². The van der Waals surface area contributed by atoms with E-state index in [0.717, 1.165) is 28.7 Å². The minimum absolute atomic E-state index is 0.0887. The fraction of sp³-hybridized carbons (Fsp3) is 0.261. The Hall–Kier alpha value is -2.63. The average molecular weight is 328 g/mol. The largest absolute Gasteiger partial charge is 0.376 e. The molecular weight excluding hydrogens is 308 g/mol. The summed E-state index contributed by atoms with van der Waals surface area (Å²) in [5.41, 5.74) is 4.25. The SMILES string of the molecule is CCO[C@@H]1C[C@@]1(C#CC1=C(C)C(=O)c2ccccc21)c1ccccc1. The number of hydrogen-bond acceptors (Lipinski definition) is 2. The van der Waals surface area contributed by atoms with Gasteiger partial charge in [-0.05, 0) is 25.8 Å². The Bertz CT molecular complexity index is 927. The van der Waals surface area contributed by atoms with Crippen LogP contribution in [0.3, 0.4) is 0 Å². The smallest absolute Gasteiger partial charge is 0.190 e. The third-order valence-corrected chi connectivity index (χ3v) is 5.12. The molecular formula is C23H20O2. The summed E-state index contributed by atoms with van der Waals surface area (Å²) in [7, 11) is 0. The number of ketones is 1. The van der Waals surface area contributed by atoms with Crippen molar-refractivity contribution >= 4 is 11.4 Å². The first-order valence-corrected chi connectivity index (χ1v) is 8.72. The second-order valence-electron chi connectivity index (χ2n) is 6.61. The predicted molar refractivity (Wildman–Crippen MR) is 99.3 cm³/mol. The molecule has 1 saturated carbocycles. The highest BCUT2D eigenvalue weighted by atomic mass is 16.5. The number of hydrogen-bond donors (Lipinski definition) is 0. The normalized spacial score (nSPS) is 23.9. The molecule has 0 aromatic heterocycles. The molecule has 0 amide bonds. The zero-order valence-corrected chi connectivity index (χ0v) is 14.5. The van der Waals surface area contributed by atoms with Crippen molar-refractivity contribution in [3.8, 4) is 11.8 Å². The number of ether oxygens (including phenoxy) is 1. The summed E-state index contributed by atoms with van der Waals surface area (Å²) < 4.78 is 5.87. The highest BCUT2D eigenvalue weighted by Crippen LogP contribution is 2.50. The molecule has 0 unspecified atom stereocenters. The van der Waals surface area contributed by atoms with E-state index in [4.69, 9.17) is 4.74 Å². The molecule has 0 heterocycles. The van der Waals surface area contributed by atoms with Gasteiger partial charge in [-0.1, -0.05) is 66.4 Å². The predicted octanol–water partition coefficient (Wildman–Crippen LogP) is 4.41. The van der Waals surface area contributed by atoms with Crippen molar-refractivity contribution in [1.82, 2.24) is 0 Å². The summed E-state index contributed by atoms with van der Waals surface area (Å²) in [5, 5.41) is 0. The van der Waals surface area contributed by atoms with Crippen LogP contribution in [0.25, 0.3) is 5.57 Å². The fourth-order valence-electron chi connectivity index (χ4n) is 3.63. The van der Waals surface area contributed by atoms with Crippen LogP contribution >= 0.6 is 0 Å². The summed E-state index contributed by atoms with van der Waals surface area (Å²) in [6.45, 7) is 4.57. The minimum atomic E-state index is -0.259. The molecule has 2 aliphatic carbocycles. The molecule has 0 radical (unpaired) electrons. The van der Waals surface area contributed by atoms with Gasteiger partial charge in [0.05, 0.1) is 11.5 Å². The third kappa shape index (κ3) is 2.52. The second-order valence-corrected chi connectivity index (χ2v) is 6.61. The average Bonchev–Trinajstić information content (AvgIpc) is 3.30. The van der Waals surface area contributed by atoms with Gasteiger partial charge in [0.15, 0.2) is 5.78 Å². The Morgan fingerprint density at radius 2 is 1.76 bits per heavy atom. The zero-order chi connectivity index (χ0) is 17.4. The van der Waals surface area contributed by atoms with Crippen LogP contribution in [-0.4, -0.2) is 18.5 Å². The van der Waals surface area contributed by atoms with E-state index in [0.29, 0.717) is 6.61 Å². The summed E-state index contributed by atoms with van der Waals surface area (Å²) in [4.78, 5) is 12.4. The first-order chi connectivity index (χ1) is 12.2. The lowest BCUT2D eigenvalue weighted by Gasteiger charge is -2.11. The first-order valence-electron chi connectivity index (χ1n) is 8.72. The number of rotatable bonds is 3. The summed E-state index contributed by atoms with van der Waals surface area (Å²) >= 11 is 0. The molecule has 0 bridgehead atoms. The van der Waals surface area contributed by atoms with Crippen molar-refractivity contribution in [3.63, 3.8) is 0 Å². The summed E-state index contributed by atoms with van der Waals surface area (Å²) in [6, 6.07) is 18.0. The van der Waals surface area contributed by atoms with Crippen molar-refractivity contribution in [3.05, 3.63) is 76.9 Å². The highest BCUT2D eigenvalue weighted by Gasteiger charge is 2.55. The van der Waals surface area contributed by atoms with Crippen LogP contribution in [0.1, 0.15) is 41.8 Å². The van der Waals surface area contributed by atoms with Gasteiger partial charge in [-0.25, -0.2) is 0 Å². The minimum Gasteiger partial charge on any atom is -0.376 e. The zero-order valence-electron chi connectivity index (χ0n) is 14.5. The lowest BCUT2D eigenvalue weighted by molar-refractivity contribution is 0.103. The van der Waals surface area contributed by atoms with Crippen LogP contribution in [0.4, 0.5) is 0 Å². The van der Waals surface area contributed by atoms with Crippen LogP contribution in [0.2, 0.25) is 0 Å². The van der Waals surface area contributed by atoms with Gasteiger partial charge in [-0.15, -0.1) is 0 Å². The van der Waals surface area contributed by atoms with Crippen molar-refractivity contribution in [2.45, 2.75) is 31.8 Å². The Morgan fingerprint density at radius 1 is 1.08 bits per heavy atom. The molecule has 124 valence electrons. The summed E-state index contributed by atoms with van der Waals surface area (Å²) in [6.07, 6.45) is 1.03.